The minimum atomic E-state index is 0.741. The molecule has 1 aromatic carbocycles. The van der Waals surface area contributed by atoms with Crippen molar-refractivity contribution in [1.29, 1.82) is 0 Å². The van der Waals surface area contributed by atoms with Crippen LogP contribution in [0.5, 0.6) is 5.75 Å². The van der Waals surface area contributed by atoms with Crippen molar-refractivity contribution in [1.82, 2.24) is 5.59 Å². The van der Waals surface area contributed by atoms with Crippen LogP contribution in [-0.4, -0.2) is 0 Å². The van der Waals surface area contributed by atoms with Gasteiger partial charge in [0.2, 0.25) is 0 Å². The van der Waals surface area contributed by atoms with Crippen molar-refractivity contribution < 1.29 is 4.84 Å². The van der Waals surface area contributed by atoms with Gasteiger partial charge in [-0.25, -0.2) is 5.84 Å². The average molecular weight is 250 g/mol. The van der Waals surface area contributed by atoms with E-state index in [-0.39, 0.29) is 0 Å². The van der Waals surface area contributed by atoms with E-state index in [1.807, 2.05) is 24.3 Å². The Morgan fingerprint density at radius 3 is 2.70 bits per heavy atom. The van der Waals surface area contributed by atoms with Crippen LogP contribution < -0.4 is 16.3 Å². The maximum absolute atomic E-state index is 4.95. The number of hydrazine groups is 1. The highest BCUT2D eigenvalue weighted by Gasteiger charge is 1.95. The molecule has 54 valence electrons. The number of nitrogens with two attached hydrogens (primary N) is 1. The summed E-state index contributed by atoms with van der Waals surface area (Å²) in [7, 11) is 0. The molecule has 4 heteroatoms. The van der Waals surface area contributed by atoms with Gasteiger partial charge in [0.25, 0.3) is 0 Å². The summed E-state index contributed by atoms with van der Waals surface area (Å²) in [6, 6.07) is 7.59. The number of para-hydroxylation sites is 1. The molecule has 0 unspecified atom stereocenters. The summed E-state index contributed by atoms with van der Waals surface area (Å²) in [4.78, 5) is 4.86. The molecule has 10 heavy (non-hydrogen) atoms. The molecule has 0 atom stereocenters. The minimum Gasteiger partial charge on any atom is -0.393 e. The molecule has 0 amide bonds. The smallest absolute Gasteiger partial charge is 0.162 e. The zero-order valence-corrected chi connectivity index (χ0v) is 7.33. The van der Waals surface area contributed by atoms with Gasteiger partial charge in [0.1, 0.15) is 0 Å². The van der Waals surface area contributed by atoms with Gasteiger partial charge in [-0.15, -0.1) is 0 Å². The lowest BCUT2D eigenvalue weighted by Gasteiger charge is -2.02. The minimum absolute atomic E-state index is 0.741. The van der Waals surface area contributed by atoms with Gasteiger partial charge in [-0.05, 0) is 34.7 Å². The molecule has 3 nitrogen and oxygen atoms in total. The zero-order valence-electron chi connectivity index (χ0n) is 5.17. The largest absolute Gasteiger partial charge is 0.393 e. The van der Waals surface area contributed by atoms with Crippen molar-refractivity contribution in [3.05, 3.63) is 27.8 Å². The van der Waals surface area contributed by atoms with Crippen molar-refractivity contribution in [2.24, 2.45) is 5.84 Å². The van der Waals surface area contributed by atoms with Crippen LogP contribution >= 0.6 is 22.6 Å². The lowest BCUT2D eigenvalue weighted by Crippen LogP contribution is -2.26. The third-order valence-corrected chi connectivity index (χ3v) is 1.90. The number of hydrogen-bond donors (Lipinski definition) is 2. The van der Waals surface area contributed by atoms with E-state index in [2.05, 4.69) is 28.2 Å². The third kappa shape index (κ3) is 1.83. The van der Waals surface area contributed by atoms with Gasteiger partial charge in [0.15, 0.2) is 5.75 Å². The monoisotopic (exact) mass is 250 g/mol. The third-order valence-electron chi connectivity index (χ3n) is 1.01. The topological polar surface area (TPSA) is 47.3 Å². The Labute approximate surface area is 72.6 Å². The first-order valence-electron chi connectivity index (χ1n) is 2.71. The number of benzene rings is 1. The lowest BCUT2D eigenvalue weighted by molar-refractivity contribution is 0.197. The average Bonchev–Trinajstić information content (AvgIpc) is 1.94. The number of nitrogens with one attached hydrogen (secondary N) is 1. The Morgan fingerprint density at radius 2 is 2.10 bits per heavy atom. The number of rotatable bonds is 2. The van der Waals surface area contributed by atoms with E-state index >= 15 is 0 Å². The van der Waals surface area contributed by atoms with Crippen LogP contribution in [0.4, 0.5) is 0 Å². The van der Waals surface area contributed by atoms with Crippen LogP contribution in [0.1, 0.15) is 0 Å². The molecular weight excluding hydrogens is 243 g/mol. The van der Waals surface area contributed by atoms with Crippen LogP contribution in [0.15, 0.2) is 24.3 Å². The van der Waals surface area contributed by atoms with E-state index in [1.54, 1.807) is 0 Å². The summed E-state index contributed by atoms with van der Waals surface area (Å²) in [5.41, 5.74) is 2.12. The summed E-state index contributed by atoms with van der Waals surface area (Å²) >= 11 is 2.16. The fraction of sp³-hybridized carbons (Fsp3) is 0. The fourth-order valence-electron chi connectivity index (χ4n) is 0.591. The van der Waals surface area contributed by atoms with E-state index in [4.69, 9.17) is 10.7 Å². The molecule has 0 heterocycles. The Morgan fingerprint density at radius 1 is 1.40 bits per heavy atom. The van der Waals surface area contributed by atoms with E-state index in [0.717, 1.165) is 9.32 Å². The molecule has 0 saturated carbocycles. The first-order chi connectivity index (χ1) is 4.84. The Bertz CT molecular complexity index is 217. The summed E-state index contributed by atoms with van der Waals surface area (Å²) < 4.78 is 1.03. The Kier molecular flexibility index (Phi) is 2.91. The van der Waals surface area contributed by atoms with Gasteiger partial charge in [0.05, 0.1) is 3.57 Å². The molecule has 1 aromatic rings. The SMILES string of the molecule is NNOc1ccccc1I. The van der Waals surface area contributed by atoms with E-state index in [0.29, 0.717) is 0 Å². The maximum atomic E-state index is 4.95. The molecule has 0 aromatic heterocycles. The van der Waals surface area contributed by atoms with E-state index < -0.39 is 0 Å². The fourth-order valence-corrected chi connectivity index (χ4v) is 1.09. The second-order valence-corrected chi connectivity index (χ2v) is 2.81. The van der Waals surface area contributed by atoms with Gasteiger partial charge < -0.3 is 4.84 Å². The standard InChI is InChI=1S/C6H7IN2O/c7-5-3-1-2-4-6(5)10-9-8/h1-4,9H,8H2. The van der Waals surface area contributed by atoms with Gasteiger partial charge in [0, 0.05) is 0 Å². The lowest BCUT2D eigenvalue weighted by atomic mass is 10.3. The molecule has 0 radical (unpaired) electrons. The number of hydrogen-bond acceptors (Lipinski definition) is 3. The normalized spacial score (nSPS) is 9.40. The maximum Gasteiger partial charge on any atom is 0.162 e. The summed E-state index contributed by atoms with van der Waals surface area (Å²) in [6.07, 6.45) is 0. The quantitative estimate of drug-likeness (QED) is 0.468. The highest BCUT2D eigenvalue weighted by molar-refractivity contribution is 14.1. The van der Waals surface area contributed by atoms with Crippen molar-refractivity contribution in [2.45, 2.75) is 0 Å². The van der Waals surface area contributed by atoms with Crippen LogP contribution in [-0.2, 0) is 0 Å². The van der Waals surface area contributed by atoms with Crippen LogP contribution in [0.3, 0.4) is 0 Å². The molecule has 0 spiro atoms. The molecule has 3 N–H and O–H groups in total. The molecule has 0 saturated heterocycles. The summed E-state index contributed by atoms with van der Waals surface area (Å²) in [6.45, 7) is 0. The van der Waals surface area contributed by atoms with Gasteiger partial charge in [-0.3, -0.25) is 0 Å². The van der Waals surface area contributed by atoms with Crippen molar-refractivity contribution in [3.8, 4) is 5.75 Å². The zero-order chi connectivity index (χ0) is 7.40. The first kappa shape index (κ1) is 7.77. The van der Waals surface area contributed by atoms with Crippen LogP contribution in [0.25, 0.3) is 0 Å². The Hall–Kier alpha value is -0.330. The Balaban J connectivity index is 2.81. The van der Waals surface area contributed by atoms with Crippen LogP contribution in [0.2, 0.25) is 0 Å². The molecule has 0 aliphatic rings. The molecule has 0 aliphatic heterocycles. The molecule has 1 rings (SSSR count). The predicted octanol–water partition coefficient (Wildman–Crippen LogP) is 1.05. The second-order valence-electron chi connectivity index (χ2n) is 1.65. The number of halogens is 1. The first-order valence-corrected chi connectivity index (χ1v) is 3.79. The van der Waals surface area contributed by atoms with Crippen LogP contribution in [0, 0.1) is 3.57 Å². The molecule has 0 aliphatic carbocycles. The van der Waals surface area contributed by atoms with E-state index in [9.17, 15) is 0 Å². The van der Waals surface area contributed by atoms with Crippen molar-refractivity contribution in [3.63, 3.8) is 0 Å². The van der Waals surface area contributed by atoms with Gasteiger partial charge >= 0.3 is 0 Å². The molecule has 0 bridgehead atoms. The summed E-state index contributed by atoms with van der Waals surface area (Å²) in [5.74, 6) is 5.70. The second kappa shape index (κ2) is 3.75. The molecule has 0 fully saturated rings. The summed E-state index contributed by atoms with van der Waals surface area (Å²) in [5, 5.41) is 0. The van der Waals surface area contributed by atoms with Crippen molar-refractivity contribution in [2.75, 3.05) is 0 Å². The van der Waals surface area contributed by atoms with Crippen molar-refractivity contribution >= 4 is 22.6 Å². The predicted molar refractivity (Wildman–Crippen MR) is 47.1 cm³/mol. The molecular formula is C6H7IN2O. The highest BCUT2D eigenvalue weighted by atomic mass is 127. The van der Waals surface area contributed by atoms with E-state index in [1.165, 1.54) is 0 Å². The highest BCUT2D eigenvalue weighted by Crippen LogP contribution is 2.17. The van der Waals surface area contributed by atoms with Gasteiger partial charge in [-0.1, -0.05) is 17.7 Å². The van der Waals surface area contributed by atoms with Gasteiger partial charge in [-0.2, -0.15) is 0 Å².